The molecule has 10 rings (SSSR count). The van der Waals surface area contributed by atoms with Gasteiger partial charge < -0.3 is 8.98 Å². The van der Waals surface area contributed by atoms with E-state index < -0.39 is 18.1 Å². The van der Waals surface area contributed by atoms with E-state index in [4.69, 9.17) is 26.2 Å². The van der Waals surface area contributed by atoms with Crippen molar-refractivity contribution in [3.8, 4) is 51.0 Å². The zero-order chi connectivity index (χ0) is 37.4. The maximum Gasteiger partial charge on any atom is 0.166 e. The highest BCUT2D eigenvalue weighted by Crippen LogP contribution is 2.39. The fourth-order valence-corrected chi connectivity index (χ4v) is 6.90. The number of fused-ring (bicyclic) bond motifs is 6. The first-order chi connectivity index (χ1) is 26.9. The summed E-state index contributed by atoms with van der Waals surface area (Å²) in [5, 5.41) is 3.88. The van der Waals surface area contributed by atoms with E-state index >= 15 is 0 Å². The van der Waals surface area contributed by atoms with Crippen LogP contribution in [0.4, 0.5) is 0 Å². The fraction of sp³-hybridized carbons (Fsp3) is 0. The molecule has 0 atom stereocenters. The minimum absolute atomic E-state index is 0.0902. The quantitative estimate of drug-likeness (QED) is 0.187. The zero-order valence-electron chi connectivity index (χ0n) is 31.5. The lowest BCUT2D eigenvalue weighted by Gasteiger charge is -2.14. The predicted octanol–water partition coefficient (Wildman–Crippen LogP) is 11.5. The van der Waals surface area contributed by atoms with Gasteiger partial charge in [-0.1, -0.05) is 133 Å². The Bertz CT molecular complexity index is 3090. The molecule has 0 aliphatic rings. The summed E-state index contributed by atoms with van der Waals surface area (Å²) in [4.78, 5) is 15.2. The molecular formula is C45H28N4O. The van der Waals surface area contributed by atoms with Crippen molar-refractivity contribution in [2.75, 3.05) is 0 Å². The van der Waals surface area contributed by atoms with Crippen molar-refractivity contribution in [2.45, 2.75) is 0 Å². The summed E-state index contributed by atoms with van der Waals surface area (Å²) in [7, 11) is 0. The molecular weight excluding hydrogens is 613 g/mol. The van der Waals surface area contributed by atoms with E-state index in [9.17, 15) is 0 Å². The molecule has 0 fully saturated rings. The van der Waals surface area contributed by atoms with Gasteiger partial charge in [0.25, 0.3) is 0 Å². The Morgan fingerprint density at radius 3 is 1.86 bits per heavy atom. The number of benzene rings is 7. The number of furan rings is 1. The molecule has 0 N–H and O–H groups in total. The molecule has 5 heteroatoms. The molecule has 0 radical (unpaired) electrons. The van der Waals surface area contributed by atoms with Crippen LogP contribution in [0.25, 0.3) is 94.7 Å². The van der Waals surface area contributed by atoms with Gasteiger partial charge in [-0.15, -0.1) is 0 Å². The fourth-order valence-electron chi connectivity index (χ4n) is 6.90. The third-order valence-corrected chi connectivity index (χ3v) is 9.16. The monoisotopic (exact) mass is 645 g/mol. The van der Waals surface area contributed by atoms with Crippen molar-refractivity contribution in [1.82, 2.24) is 19.5 Å². The minimum atomic E-state index is -0.440. The first-order valence-corrected chi connectivity index (χ1v) is 16.3. The van der Waals surface area contributed by atoms with Crippen LogP contribution in [0.5, 0.6) is 0 Å². The summed E-state index contributed by atoms with van der Waals surface area (Å²) in [6.45, 7) is 0. The summed E-state index contributed by atoms with van der Waals surface area (Å²) >= 11 is 0. The van der Waals surface area contributed by atoms with Crippen molar-refractivity contribution in [1.29, 1.82) is 0 Å². The SMILES string of the molecule is [2H]c1c([2H])c([2H])c(-c2cccc3c2oc2cc(-c4nc(-c5ccccc5)nc(-c5ccccc5-n5c6ccccc6c6ccccc65)n4)ccc23)c([2H])c1[2H]. The lowest BCUT2D eigenvalue weighted by Crippen LogP contribution is -2.03. The van der Waals surface area contributed by atoms with Crippen molar-refractivity contribution in [2.24, 2.45) is 0 Å². The molecule has 3 aromatic heterocycles. The van der Waals surface area contributed by atoms with E-state index in [0.717, 1.165) is 49.4 Å². The molecule has 3 heterocycles. The minimum Gasteiger partial charge on any atom is -0.455 e. The molecule has 0 amide bonds. The molecule has 0 saturated heterocycles. The van der Waals surface area contributed by atoms with Crippen LogP contribution in [0.2, 0.25) is 0 Å². The van der Waals surface area contributed by atoms with Crippen molar-refractivity contribution >= 4 is 43.7 Å². The molecule has 5 nitrogen and oxygen atoms in total. The lowest BCUT2D eigenvalue weighted by atomic mass is 10.0. The summed E-state index contributed by atoms with van der Waals surface area (Å²) in [6.07, 6.45) is 0. The summed E-state index contributed by atoms with van der Waals surface area (Å²) in [5.74, 6) is 1.48. The third kappa shape index (κ3) is 4.52. The van der Waals surface area contributed by atoms with E-state index in [1.807, 2.05) is 72.8 Å². The Morgan fingerprint density at radius 1 is 0.460 bits per heavy atom. The van der Waals surface area contributed by atoms with Crippen LogP contribution in [0.15, 0.2) is 174 Å². The molecule has 0 aliphatic heterocycles. The van der Waals surface area contributed by atoms with Crippen LogP contribution in [0, 0.1) is 0 Å². The number of hydrogen-bond acceptors (Lipinski definition) is 4. The van der Waals surface area contributed by atoms with Crippen LogP contribution in [0.3, 0.4) is 0 Å². The summed E-state index contributed by atoms with van der Waals surface area (Å²) in [5.41, 5.74) is 6.94. The molecule has 0 spiro atoms. The second-order valence-electron chi connectivity index (χ2n) is 12.1. The number of para-hydroxylation sites is 4. The first-order valence-electron chi connectivity index (χ1n) is 18.8. The molecule has 0 bridgehead atoms. The molecule has 10 aromatic rings. The summed E-state index contributed by atoms with van der Waals surface area (Å²) < 4.78 is 50.5. The van der Waals surface area contributed by atoms with Gasteiger partial charge in [-0.3, -0.25) is 0 Å². The molecule has 0 saturated carbocycles. The van der Waals surface area contributed by atoms with Gasteiger partial charge in [0.05, 0.1) is 23.6 Å². The van der Waals surface area contributed by atoms with E-state index in [1.54, 1.807) is 12.1 Å². The van der Waals surface area contributed by atoms with Crippen molar-refractivity contribution in [3.63, 3.8) is 0 Å². The van der Waals surface area contributed by atoms with Crippen LogP contribution >= 0.6 is 0 Å². The van der Waals surface area contributed by atoms with E-state index in [0.29, 0.717) is 39.8 Å². The molecule has 50 heavy (non-hydrogen) atoms. The predicted molar refractivity (Wildman–Crippen MR) is 203 cm³/mol. The normalized spacial score (nSPS) is 13.0. The average Bonchev–Trinajstić information content (AvgIpc) is 3.78. The second kappa shape index (κ2) is 11.4. The Hall–Kier alpha value is -6.85. The Kier molecular flexibility index (Phi) is 5.35. The van der Waals surface area contributed by atoms with E-state index in [2.05, 4.69) is 59.2 Å². The standard InChI is InChI=1S/C45H28N4O/c1-3-14-29(15-4-1)32-21-13-22-36-35-27-26-31(28-41(35)50-42(32)36)44-46-43(30-16-5-2-6-17-30)47-45(48-44)37-20-9-12-25-40(37)49-38-23-10-7-18-33(38)34-19-8-11-24-39(34)49/h1-28H/i1D,3D,4D,14D,15D. The van der Waals surface area contributed by atoms with Gasteiger partial charge >= 0.3 is 0 Å². The highest BCUT2D eigenvalue weighted by molar-refractivity contribution is 6.11. The Balaban J connectivity index is 1.18. The van der Waals surface area contributed by atoms with Crippen LogP contribution in [0.1, 0.15) is 6.85 Å². The van der Waals surface area contributed by atoms with Gasteiger partial charge in [0.15, 0.2) is 17.5 Å². The van der Waals surface area contributed by atoms with Gasteiger partial charge in [0.2, 0.25) is 0 Å². The van der Waals surface area contributed by atoms with Gasteiger partial charge in [0, 0.05) is 43.8 Å². The first kappa shape index (κ1) is 23.5. The van der Waals surface area contributed by atoms with Gasteiger partial charge in [-0.05, 0) is 42.0 Å². The molecule has 0 aliphatic carbocycles. The van der Waals surface area contributed by atoms with Crippen LogP contribution in [-0.2, 0) is 0 Å². The Labute approximate surface area is 294 Å². The highest BCUT2D eigenvalue weighted by atomic mass is 16.3. The lowest BCUT2D eigenvalue weighted by molar-refractivity contribution is 0.670. The average molecular weight is 646 g/mol. The van der Waals surface area contributed by atoms with E-state index in [-0.39, 0.29) is 17.6 Å². The van der Waals surface area contributed by atoms with Crippen LogP contribution in [-0.4, -0.2) is 19.5 Å². The van der Waals surface area contributed by atoms with Crippen LogP contribution < -0.4 is 0 Å². The van der Waals surface area contributed by atoms with Crippen molar-refractivity contribution in [3.05, 3.63) is 170 Å². The maximum atomic E-state index is 8.61. The number of nitrogens with zero attached hydrogens (tertiary/aromatic N) is 4. The zero-order valence-corrected chi connectivity index (χ0v) is 26.5. The topological polar surface area (TPSA) is 56.7 Å². The molecule has 0 unspecified atom stereocenters. The van der Waals surface area contributed by atoms with E-state index in [1.165, 1.54) is 0 Å². The van der Waals surface area contributed by atoms with Gasteiger partial charge in [-0.25, -0.2) is 15.0 Å². The number of rotatable bonds is 5. The Morgan fingerprint density at radius 2 is 1.08 bits per heavy atom. The highest BCUT2D eigenvalue weighted by Gasteiger charge is 2.20. The van der Waals surface area contributed by atoms with Gasteiger partial charge in [0.1, 0.15) is 11.2 Å². The second-order valence-corrected chi connectivity index (χ2v) is 12.1. The maximum absolute atomic E-state index is 8.61. The smallest absolute Gasteiger partial charge is 0.166 e. The molecule has 234 valence electrons. The third-order valence-electron chi connectivity index (χ3n) is 9.16. The number of hydrogen-bond donors (Lipinski definition) is 0. The number of aromatic nitrogens is 4. The van der Waals surface area contributed by atoms with Gasteiger partial charge in [-0.2, -0.15) is 0 Å². The molecule has 7 aromatic carbocycles. The summed E-state index contributed by atoms with van der Waals surface area (Å²) in [6, 6.07) is 44.1. The van der Waals surface area contributed by atoms with Crippen molar-refractivity contribution < 1.29 is 11.3 Å². The largest absolute Gasteiger partial charge is 0.455 e.